The molecule has 1 aromatic heterocycles. The minimum absolute atomic E-state index is 0.0360. The van der Waals surface area contributed by atoms with Crippen LogP contribution in [0.25, 0.3) is 0 Å². The Morgan fingerprint density at radius 2 is 2.37 bits per heavy atom. The SMILES string of the molecule is CC(CNC(=O)c1c(F)cccc1Br)c1nccs1. The first-order valence-electron chi connectivity index (χ1n) is 5.71. The normalized spacial score (nSPS) is 12.2. The van der Waals surface area contributed by atoms with Gasteiger partial charge in [-0.2, -0.15) is 0 Å². The number of carbonyl (C=O) groups excluding carboxylic acids is 1. The van der Waals surface area contributed by atoms with Gasteiger partial charge in [-0.25, -0.2) is 9.37 Å². The summed E-state index contributed by atoms with van der Waals surface area (Å²) < 4.78 is 14.0. The molecule has 0 aliphatic carbocycles. The number of rotatable bonds is 4. The lowest BCUT2D eigenvalue weighted by Crippen LogP contribution is -2.28. The predicted molar refractivity (Wildman–Crippen MR) is 77.0 cm³/mol. The molecule has 2 rings (SSSR count). The molecule has 2 aromatic rings. The molecule has 1 unspecified atom stereocenters. The van der Waals surface area contributed by atoms with Crippen LogP contribution in [0.15, 0.2) is 34.2 Å². The molecule has 0 aliphatic rings. The molecule has 100 valence electrons. The monoisotopic (exact) mass is 342 g/mol. The molecule has 1 aromatic carbocycles. The van der Waals surface area contributed by atoms with Gasteiger partial charge >= 0.3 is 0 Å². The van der Waals surface area contributed by atoms with Gasteiger partial charge in [0.05, 0.1) is 10.6 Å². The Morgan fingerprint density at radius 3 is 3.00 bits per heavy atom. The van der Waals surface area contributed by atoms with Crippen molar-refractivity contribution in [1.29, 1.82) is 0 Å². The topological polar surface area (TPSA) is 42.0 Å². The molecule has 1 heterocycles. The average Bonchev–Trinajstić information content (AvgIpc) is 2.89. The molecule has 0 bridgehead atoms. The van der Waals surface area contributed by atoms with Gasteiger partial charge in [-0.1, -0.05) is 13.0 Å². The zero-order chi connectivity index (χ0) is 13.8. The Hall–Kier alpha value is -1.27. The summed E-state index contributed by atoms with van der Waals surface area (Å²) >= 11 is 4.72. The minimum Gasteiger partial charge on any atom is -0.351 e. The molecule has 19 heavy (non-hydrogen) atoms. The van der Waals surface area contributed by atoms with E-state index in [0.717, 1.165) is 5.01 Å². The zero-order valence-electron chi connectivity index (χ0n) is 10.2. The fraction of sp³-hybridized carbons (Fsp3) is 0.231. The third kappa shape index (κ3) is 3.39. The lowest BCUT2D eigenvalue weighted by molar-refractivity contribution is 0.0947. The third-order valence-electron chi connectivity index (χ3n) is 2.63. The summed E-state index contributed by atoms with van der Waals surface area (Å²) in [5.74, 6) is -0.850. The maximum absolute atomic E-state index is 13.6. The largest absolute Gasteiger partial charge is 0.351 e. The first kappa shape index (κ1) is 14.1. The fourth-order valence-corrected chi connectivity index (χ4v) is 2.83. The predicted octanol–water partition coefficient (Wildman–Crippen LogP) is 3.58. The van der Waals surface area contributed by atoms with Crippen LogP contribution in [0, 0.1) is 5.82 Å². The van der Waals surface area contributed by atoms with Gasteiger partial charge in [-0.3, -0.25) is 4.79 Å². The van der Waals surface area contributed by atoms with Crippen LogP contribution in [0.2, 0.25) is 0 Å². The molecule has 0 radical (unpaired) electrons. The number of hydrogen-bond donors (Lipinski definition) is 1. The maximum Gasteiger partial charge on any atom is 0.255 e. The number of halogens is 2. The lowest BCUT2D eigenvalue weighted by atomic mass is 10.1. The second kappa shape index (κ2) is 6.25. The van der Waals surface area contributed by atoms with Gasteiger partial charge < -0.3 is 5.32 Å². The van der Waals surface area contributed by atoms with E-state index < -0.39 is 11.7 Å². The highest BCUT2D eigenvalue weighted by Crippen LogP contribution is 2.20. The smallest absolute Gasteiger partial charge is 0.255 e. The molecular formula is C13H12BrFN2OS. The van der Waals surface area contributed by atoms with Crippen molar-refractivity contribution in [3.63, 3.8) is 0 Å². The molecular weight excluding hydrogens is 331 g/mol. The van der Waals surface area contributed by atoms with Crippen molar-refractivity contribution >= 4 is 33.2 Å². The summed E-state index contributed by atoms with van der Waals surface area (Å²) in [6.45, 7) is 2.39. The summed E-state index contributed by atoms with van der Waals surface area (Å²) in [7, 11) is 0. The van der Waals surface area contributed by atoms with Crippen molar-refractivity contribution < 1.29 is 9.18 Å². The van der Waals surface area contributed by atoms with Crippen molar-refractivity contribution in [3.8, 4) is 0 Å². The number of hydrogen-bond acceptors (Lipinski definition) is 3. The van der Waals surface area contributed by atoms with E-state index in [9.17, 15) is 9.18 Å². The van der Waals surface area contributed by atoms with Crippen LogP contribution in [0.5, 0.6) is 0 Å². The van der Waals surface area contributed by atoms with Crippen LogP contribution >= 0.6 is 27.3 Å². The standard InChI is InChI=1S/C13H12BrFN2OS/c1-8(13-16-5-6-19-13)7-17-12(18)11-9(14)3-2-4-10(11)15/h2-6,8H,7H2,1H3,(H,17,18). The van der Waals surface area contributed by atoms with E-state index in [2.05, 4.69) is 26.2 Å². The molecule has 6 heteroatoms. The number of amides is 1. The van der Waals surface area contributed by atoms with E-state index >= 15 is 0 Å². The Bertz CT molecular complexity index is 554. The van der Waals surface area contributed by atoms with E-state index in [1.165, 1.54) is 17.4 Å². The van der Waals surface area contributed by atoms with Gasteiger partial charge in [0.2, 0.25) is 0 Å². The van der Waals surface area contributed by atoms with E-state index in [-0.39, 0.29) is 11.5 Å². The molecule has 3 nitrogen and oxygen atoms in total. The van der Waals surface area contributed by atoms with Crippen LogP contribution in [0.3, 0.4) is 0 Å². The number of nitrogens with one attached hydrogen (secondary N) is 1. The Kier molecular flexibility index (Phi) is 4.66. The first-order valence-corrected chi connectivity index (χ1v) is 7.38. The highest BCUT2D eigenvalue weighted by atomic mass is 79.9. The summed E-state index contributed by atoms with van der Waals surface area (Å²) in [5, 5.41) is 5.57. The van der Waals surface area contributed by atoms with Gasteiger partial charge in [0.25, 0.3) is 5.91 Å². The van der Waals surface area contributed by atoms with Crippen LogP contribution < -0.4 is 5.32 Å². The molecule has 0 saturated carbocycles. The molecule has 0 spiro atoms. The van der Waals surface area contributed by atoms with Crippen molar-refractivity contribution in [3.05, 3.63) is 50.6 Å². The first-order chi connectivity index (χ1) is 9.09. The van der Waals surface area contributed by atoms with Crippen LogP contribution in [0.1, 0.15) is 28.2 Å². The van der Waals surface area contributed by atoms with Gasteiger partial charge in [0.15, 0.2) is 0 Å². The molecule has 1 N–H and O–H groups in total. The van der Waals surface area contributed by atoms with Crippen molar-refractivity contribution in [2.24, 2.45) is 0 Å². The number of carbonyl (C=O) groups is 1. The summed E-state index contributed by atoms with van der Waals surface area (Å²) in [4.78, 5) is 16.1. The quantitative estimate of drug-likeness (QED) is 0.922. The second-order valence-electron chi connectivity index (χ2n) is 4.08. The molecule has 1 amide bonds. The Morgan fingerprint density at radius 1 is 1.58 bits per heavy atom. The molecule has 0 saturated heterocycles. The number of nitrogens with zero attached hydrogens (tertiary/aromatic N) is 1. The maximum atomic E-state index is 13.6. The Labute approximate surface area is 123 Å². The fourth-order valence-electron chi connectivity index (χ4n) is 1.61. The van der Waals surface area contributed by atoms with E-state index in [1.807, 2.05) is 12.3 Å². The van der Waals surface area contributed by atoms with Crippen molar-refractivity contribution in [2.75, 3.05) is 6.54 Å². The van der Waals surface area contributed by atoms with E-state index in [1.54, 1.807) is 18.3 Å². The second-order valence-corrected chi connectivity index (χ2v) is 5.86. The van der Waals surface area contributed by atoms with E-state index in [0.29, 0.717) is 11.0 Å². The van der Waals surface area contributed by atoms with Gasteiger partial charge in [-0.15, -0.1) is 11.3 Å². The number of thiazole rings is 1. The number of aromatic nitrogens is 1. The Balaban J connectivity index is 2.02. The van der Waals surface area contributed by atoms with Crippen LogP contribution in [0.4, 0.5) is 4.39 Å². The van der Waals surface area contributed by atoms with E-state index in [4.69, 9.17) is 0 Å². The van der Waals surface area contributed by atoms with Crippen LogP contribution in [-0.2, 0) is 0 Å². The van der Waals surface area contributed by atoms with Crippen molar-refractivity contribution in [1.82, 2.24) is 10.3 Å². The minimum atomic E-state index is -0.534. The van der Waals surface area contributed by atoms with Crippen LogP contribution in [-0.4, -0.2) is 17.4 Å². The van der Waals surface area contributed by atoms with Gasteiger partial charge in [0.1, 0.15) is 5.82 Å². The summed E-state index contributed by atoms with van der Waals surface area (Å²) in [5.41, 5.74) is 0.0360. The van der Waals surface area contributed by atoms with Gasteiger partial charge in [-0.05, 0) is 28.1 Å². The lowest BCUT2D eigenvalue weighted by Gasteiger charge is -2.11. The zero-order valence-corrected chi connectivity index (χ0v) is 12.6. The average molecular weight is 343 g/mol. The molecule has 0 fully saturated rings. The molecule has 1 atom stereocenters. The third-order valence-corrected chi connectivity index (χ3v) is 4.30. The summed E-state index contributed by atoms with van der Waals surface area (Å²) in [6.07, 6.45) is 1.73. The van der Waals surface area contributed by atoms with Gasteiger partial charge in [0, 0.05) is 28.5 Å². The summed E-state index contributed by atoms with van der Waals surface area (Å²) in [6, 6.07) is 4.46. The highest BCUT2D eigenvalue weighted by Gasteiger charge is 2.16. The number of benzene rings is 1. The molecule has 0 aliphatic heterocycles. The highest BCUT2D eigenvalue weighted by molar-refractivity contribution is 9.10. The van der Waals surface area contributed by atoms with Crippen molar-refractivity contribution in [2.45, 2.75) is 12.8 Å².